The first-order chi connectivity index (χ1) is 13.6. The zero-order chi connectivity index (χ0) is 19.7. The van der Waals surface area contributed by atoms with Gasteiger partial charge in [-0.05, 0) is 30.3 Å². The molecule has 0 aliphatic carbocycles. The molecule has 6 nitrogen and oxygen atoms in total. The number of benzene rings is 2. The molecule has 0 saturated heterocycles. The van der Waals surface area contributed by atoms with Crippen LogP contribution in [0.1, 0.15) is 0 Å². The number of nitrogens with zero attached hydrogens (tertiary/aromatic N) is 3. The second kappa shape index (κ2) is 7.49. The van der Waals surface area contributed by atoms with Gasteiger partial charge >= 0.3 is 0 Å². The lowest BCUT2D eigenvalue weighted by Crippen LogP contribution is -2.26. The number of hydrogen-bond acceptors (Lipinski definition) is 7. The molecule has 0 saturated carbocycles. The van der Waals surface area contributed by atoms with Crippen LogP contribution in [0.15, 0.2) is 58.8 Å². The lowest BCUT2D eigenvalue weighted by Gasteiger charge is -2.20. The molecular formula is C21H19N3O3S. The predicted molar refractivity (Wildman–Crippen MR) is 109 cm³/mol. The molecule has 0 fully saturated rings. The number of thioether (sulfide) groups is 1. The number of allylic oxidation sites excluding steroid dienone is 1. The molecule has 0 radical (unpaired) electrons. The zero-order valence-corrected chi connectivity index (χ0v) is 16.5. The largest absolute Gasteiger partial charge is 0.486 e. The molecule has 0 atom stereocenters. The summed E-state index contributed by atoms with van der Waals surface area (Å²) >= 11 is 1.38. The topological polar surface area (TPSA) is 65.8 Å². The van der Waals surface area contributed by atoms with Crippen molar-refractivity contribution in [2.24, 2.45) is 0 Å². The number of carbonyl (C=O) groups is 1. The van der Waals surface area contributed by atoms with E-state index in [9.17, 15) is 10.1 Å². The highest BCUT2D eigenvalue weighted by Gasteiger charge is 2.31. The fourth-order valence-electron chi connectivity index (χ4n) is 3.39. The van der Waals surface area contributed by atoms with Gasteiger partial charge in [0.2, 0.25) is 0 Å². The average Bonchev–Trinajstić information content (AvgIpc) is 2.98. The summed E-state index contributed by atoms with van der Waals surface area (Å²) in [5.74, 6) is 1.98. The summed E-state index contributed by atoms with van der Waals surface area (Å²) in [6.07, 6.45) is 0. The lowest BCUT2D eigenvalue weighted by atomic mass is 10.2. The summed E-state index contributed by atoms with van der Waals surface area (Å²) < 4.78 is 11.1. The van der Waals surface area contributed by atoms with E-state index in [0.29, 0.717) is 30.5 Å². The summed E-state index contributed by atoms with van der Waals surface area (Å²) in [5, 5.41) is 9.70. The van der Waals surface area contributed by atoms with Crippen molar-refractivity contribution in [2.75, 3.05) is 42.9 Å². The van der Waals surface area contributed by atoms with Crippen LogP contribution in [0, 0.1) is 11.3 Å². The molecule has 28 heavy (non-hydrogen) atoms. The van der Waals surface area contributed by atoms with Crippen molar-refractivity contribution in [3.8, 4) is 17.6 Å². The van der Waals surface area contributed by atoms with E-state index in [1.165, 1.54) is 11.8 Å². The number of nitriles is 1. The molecule has 0 aromatic heterocycles. The molecule has 7 heteroatoms. The average molecular weight is 393 g/mol. The summed E-state index contributed by atoms with van der Waals surface area (Å²) in [5.41, 5.74) is 2.10. The van der Waals surface area contributed by atoms with Gasteiger partial charge in [-0.1, -0.05) is 12.1 Å². The van der Waals surface area contributed by atoms with E-state index < -0.39 is 0 Å². The van der Waals surface area contributed by atoms with Crippen LogP contribution < -0.4 is 19.3 Å². The van der Waals surface area contributed by atoms with Gasteiger partial charge in [0.25, 0.3) is 0 Å². The van der Waals surface area contributed by atoms with Crippen LogP contribution in [-0.4, -0.2) is 38.8 Å². The minimum atomic E-state index is -0.205. The van der Waals surface area contributed by atoms with Gasteiger partial charge < -0.3 is 19.3 Å². The predicted octanol–water partition coefficient (Wildman–Crippen LogP) is 3.44. The maximum absolute atomic E-state index is 12.9. The van der Waals surface area contributed by atoms with Crippen molar-refractivity contribution in [2.45, 2.75) is 4.90 Å². The first kappa shape index (κ1) is 18.3. The van der Waals surface area contributed by atoms with Gasteiger partial charge in [0.05, 0.1) is 17.1 Å². The van der Waals surface area contributed by atoms with Crippen molar-refractivity contribution >= 4 is 28.9 Å². The molecule has 0 N–H and O–H groups in total. The molecule has 0 unspecified atom stereocenters. The van der Waals surface area contributed by atoms with Crippen LogP contribution >= 0.6 is 11.8 Å². The molecule has 2 aromatic carbocycles. The van der Waals surface area contributed by atoms with Crippen LogP contribution in [0.4, 0.5) is 11.4 Å². The maximum atomic E-state index is 12.9. The Bertz CT molecular complexity index is 981. The molecule has 0 bridgehead atoms. The van der Waals surface area contributed by atoms with Crippen molar-refractivity contribution in [1.82, 2.24) is 0 Å². The molecule has 2 aliphatic heterocycles. The normalized spacial score (nSPS) is 14.5. The highest BCUT2D eigenvalue weighted by molar-refractivity contribution is 8.00. The third-order valence-corrected chi connectivity index (χ3v) is 5.73. The minimum absolute atomic E-state index is 0.159. The van der Waals surface area contributed by atoms with E-state index in [-0.39, 0.29) is 17.1 Å². The third-order valence-electron chi connectivity index (χ3n) is 4.74. The number of Topliss-reactive ketones (excluding diaryl/α,β-unsaturated/α-hetero) is 1. The molecule has 2 aromatic rings. The van der Waals surface area contributed by atoms with Crippen LogP contribution in [0.2, 0.25) is 0 Å². The third kappa shape index (κ3) is 3.16. The Morgan fingerprint density at radius 2 is 1.71 bits per heavy atom. The van der Waals surface area contributed by atoms with Gasteiger partial charge in [-0.2, -0.15) is 5.26 Å². The summed E-state index contributed by atoms with van der Waals surface area (Å²) in [4.78, 5) is 17.5. The summed E-state index contributed by atoms with van der Waals surface area (Å²) in [6, 6.07) is 15.6. The molecule has 2 aliphatic rings. The second-order valence-electron chi connectivity index (χ2n) is 6.43. The monoisotopic (exact) mass is 393 g/mol. The van der Waals surface area contributed by atoms with Gasteiger partial charge in [0.15, 0.2) is 17.3 Å². The Kier molecular flexibility index (Phi) is 4.88. The lowest BCUT2D eigenvalue weighted by molar-refractivity contribution is -0.112. The smallest absolute Gasteiger partial charge is 0.187 e. The van der Waals surface area contributed by atoms with Crippen molar-refractivity contribution in [3.05, 3.63) is 53.9 Å². The molecule has 4 rings (SSSR count). The highest BCUT2D eigenvalue weighted by atomic mass is 32.2. The highest BCUT2D eigenvalue weighted by Crippen LogP contribution is 2.40. The van der Waals surface area contributed by atoms with E-state index in [1.54, 1.807) is 0 Å². The summed E-state index contributed by atoms with van der Waals surface area (Å²) in [6.45, 7) is 1.06. The van der Waals surface area contributed by atoms with Crippen LogP contribution in [0.3, 0.4) is 0 Å². The van der Waals surface area contributed by atoms with E-state index in [0.717, 1.165) is 16.3 Å². The Balaban J connectivity index is 1.54. The molecule has 2 heterocycles. The quantitative estimate of drug-likeness (QED) is 0.448. The van der Waals surface area contributed by atoms with Crippen LogP contribution in [-0.2, 0) is 4.79 Å². The van der Waals surface area contributed by atoms with Crippen molar-refractivity contribution < 1.29 is 14.3 Å². The summed E-state index contributed by atoms with van der Waals surface area (Å²) in [7, 11) is 3.74. The fourth-order valence-corrected chi connectivity index (χ4v) is 4.19. The standard InChI is InChI=1S/C21H19N3O3S/c1-23-16-5-3-4-6-17(16)24(2)21(23)15(12-22)18(25)13-28-14-7-8-19-20(11-14)27-10-9-26-19/h3-8,11H,9-10,13H2,1-2H3. The minimum Gasteiger partial charge on any atom is -0.486 e. The molecule has 0 amide bonds. The fraction of sp³-hybridized carbons (Fsp3) is 0.238. The molecule has 0 spiro atoms. The van der Waals surface area contributed by atoms with Crippen LogP contribution in [0.5, 0.6) is 11.5 Å². The first-order valence-electron chi connectivity index (χ1n) is 8.86. The van der Waals surface area contributed by atoms with Crippen molar-refractivity contribution in [3.63, 3.8) is 0 Å². The van der Waals surface area contributed by atoms with E-state index in [2.05, 4.69) is 6.07 Å². The Morgan fingerprint density at radius 3 is 2.36 bits per heavy atom. The Hall–Kier alpha value is -3.11. The SMILES string of the molecule is CN1C(=C(C#N)C(=O)CSc2ccc3c(c2)OCCO3)N(C)c2ccccc21. The van der Waals surface area contributed by atoms with Gasteiger partial charge in [-0.3, -0.25) is 4.79 Å². The number of hydrogen-bond donors (Lipinski definition) is 0. The number of anilines is 2. The number of para-hydroxylation sites is 2. The van der Waals surface area contributed by atoms with Gasteiger partial charge in [0.1, 0.15) is 30.7 Å². The van der Waals surface area contributed by atoms with Crippen molar-refractivity contribution in [1.29, 1.82) is 5.26 Å². The number of ketones is 1. The number of rotatable bonds is 4. The molecule has 142 valence electrons. The molecular weight excluding hydrogens is 374 g/mol. The van der Waals surface area contributed by atoms with Gasteiger partial charge in [-0.25, -0.2) is 0 Å². The van der Waals surface area contributed by atoms with Gasteiger partial charge in [-0.15, -0.1) is 11.8 Å². The number of fused-ring (bicyclic) bond motifs is 2. The Labute approximate surface area is 167 Å². The van der Waals surface area contributed by atoms with E-state index >= 15 is 0 Å². The second-order valence-corrected chi connectivity index (χ2v) is 7.48. The van der Waals surface area contributed by atoms with E-state index in [1.807, 2.05) is 66.4 Å². The van der Waals surface area contributed by atoms with Gasteiger partial charge in [0, 0.05) is 19.0 Å². The van der Waals surface area contributed by atoms with Crippen LogP contribution in [0.25, 0.3) is 0 Å². The Morgan fingerprint density at radius 1 is 1.07 bits per heavy atom. The maximum Gasteiger partial charge on any atom is 0.187 e. The number of ether oxygens (including phenoxy) is 2. The zero-order valence-electron chi connectivity index (χ0n) is 15.6. The first-order valence-corrected chi connectivity index (χ1v) is 9.85. The van der Waals surface area contributed by atoms with E-state index in [4.69, 9.17) is 9.47 Å². The number of carbonyl (C=O) groups excluding carboxylic acids is 1.